The molecule has 1 heterocycles. The second-order valence-corrected chi connectivity index (χ2v) is 5.47. The highest BCUT2D eigenvalue weighted by Gasteiger charge is 2.19. The first-order valence-electron chi connectivity index (χ1n) is 5.90. The van der Waals surface area contributed by atoms with Gasteiger partial charge >= 0.3 is 5.69 Å². The molecule has 1 aliphatic rings. The van der Waals surface area contributed by atoms with E-state index in [0.29, 0.717) is 12.1 Å². The molecule has 0 spiro atoms. The highest BCUT2D eigenvalue weighted by Crippen LogP contribution is 2.22. The van der Waals surface area contributed by atoms with Crippen molar-refractivity contribution in [1.82, 2.24) is 4.90 Å². The van der Waals surface area contributed by atoms with E-state index < -0.39 is 16.4 Å². The average Bonchev–Trinajstić information content (AvgIpc) is 2.60. The summed E-state index contributed by atoms with van der Waals surface area (Å²) in [5, 5.41) is 10.7. The van der Waals surface area contributed by atoms with Gasteiger partial charge in [-0.15, -0.1) is 0 Å². The van der Waals surface area contributed by atoms with Crippen LogP contribution in [0.15, 0.2) is 18.2 Å². The van der Waals surface area contributed by atoms with E-state index in [4.69, 9.17) is 0 Å². The molecule has 1 fully saturated rings. The summed E-state index contributed by atoms with van der Waals surface area (Å²) in [6.07, 6.45) is 1.08. The van der Waals surface area contributed by atoms with Gasteiger partial charge in [-0.1, -0.05) is 12.1 Å². The van der Waals surface area contributed by atoms with Crippen LogP contribution in [0.5, 0.6) is 0 Å². The molecule has 0 unspecified atom stereocenters. The minimum absolute atomic E-state index is 0.413. The van der Waals surface area contributed by atoms with Crippen LogP contribution in [0.25, 0.3) is 0 Å². The standard InChI is InChI=1S/C12H15FN2O2S/c13-12-10(3-1-4-11(12)15(16)17)9-14-5-2-7-18-8-6-14/h1,3-4H,2,5-9H2. The fourth-order valence-corrected chi connectivity index (χ4v) is 2.95. The largest absolute Gasteiger partial charge is 0.305 e. The third-order valence-electron chi connectivity index (χ3n) is 2.96. The number of rotatable bonds is 3. The predicted octanol–water partition coefficient (Wildman–Crippen LogP) is 2.67. The van der Waals surface area contributed by atoms with Crippen molar-refractivity contribution in [2.75, 3.05) is 24.6 Å². The molecule has 0 amide bonds. The van der Waals surface area contributed by atoms with Gasteiger partial charge in [0, 0.05) is 30.5 Å². The molecule has 0 aliphatic carbocycles. The lowest BCUT2D eigenvalue weighted by molar-refractivity contribution is -0.387. The molecular weight excluding hydrogens is 255 g/mol. The van der Waals surface area contributed by atoms with Crippen LogP contribution in [0, 0.1) is 15.9 Å². The monoisotopic (exact) mass is 270 g/mol. The highest BCUT2D eigenvalue weighted by atomic mass is 32.2. The van der Waals surface area contributed by atoms with Crippen LogP contribution in [0.4, 0.5) is 10.1 Å². The van der Waals surface area contributed by atoms with Crippen molar-refractivity contribution in [3.05, 3.63) is 39.7 Å². The zero-order valence-electron chi connectivity index (χ0n) is 9.97. The lowest BCUT2D eigenvalue weighted by atomic mass is 10.1. The Balaban J connectivity index is 2.13. The molecule has 1 aromatic rings. The summed E-state index contributed by atoms with van der Waals surface area (Å²) in [5.74, 6) is 1.48. The number of nitro benzene ring substituents is 1. The Morgan fingerprint density at radius 3 is 3.00 bits per heavy atom. The van der Waals surface area contributed by atoms with E-state index in [-0.39, 0.29) is 0 Å². The second kappa shape index (κ2) is 6.15. The van der Waals surface area contributed by atoms with Gasteiger partial charge in [-0.05, 0) is 18.7 Å². The Morgan fingerprint density at radius 2 is 2.22 bits per heavy atom. The number of hydrogen-bond donors (Lipinski definition) is 0. The van der Waals surface area contributed by atoms with Crippen LogP contribution in [0.1, 0.15) is 12.0 Å². The molecule has 98 valence electrons. The predicted molar refractivity (Wildman–Crippen MR) is 70.3 cm³/mol. The van der Waals surface area contributed by atoms with Crippen LogP contribution in [0.2, 0.25) is 0 Å². The SMILES string of the molecule is O=[N+]([O-])c1cccc(CN2CCCSCC2)c1F. The van der Waals surface area contributed by atoms with Crippen molar-refractivity contribution in [3.63, 3.8) is 0 Å². The fourth-order valence-electron chi connectivity index (χ4n) is 2.03. The van der Waals surface area contributed by atoms with Gasteiger partial charge in [0.2, 0.25) is 5.82 Å². The fraction of sp³-hybridized carbons (Fsp3) is 0.500. The maximum absolute atomic E-state index is 13.9. The first-order valence-corrected chi connectivity index (χ1v) is 7.06. The summed E-state index contributed by atoms with van der Waals surface area (Å²) < 4.78 is 13.9. The van der Waals surface area contributed by atoms with E-state index in [1.54, 1.807) is 12.1 Å². The van der Waals surface area contributed by atoms with Gasteiger partial charge in [0.25, 0.3) is 0 Å². The van der Waals surface area contributed by atoms with Gasteiger partial charge in [-0.2, -0.15) is 16.2 Å². The zero-order valence-corrected chi connectivity index (χ0v) is 10.8. The van der Waals surface area contributed by atoms with Crippen LogP contribution < -0.4 is 0 Å². The van der Waals surface area contributed by atoms with E-state index in [0.717, 1.165) is 31.0 Å². The Kier molecular flexibility index (Phi) is 4.54. The van der Waals surface area contributed by atoms with Crippen molar-refractivity contribution in [2.45, 2.75) is 13.0 Å². The lowest BCUT2D eigenvalue weighted by Gasteiger charge is -2.19. The molecule has 4 nitrogen and oxygen atoms in total. The van der Waals surface area contributed by atoms with E-state index in [1.807, 2.05) is 11.8 Å². The van der Waals surface area contributed by atoms with Crippen molar-refractivity contribution in [2.24, 2.45) is 0 Å². The zero-order chi connectivity index (χ0) is 13.0. The molecule has 0 bridgehead atoms. The third-order valence-corrected chi connectivity index (χ3v) is 4.01. The van der Waals surface area contributed by atoms with Gasteiger partial charge in [0.15, 0.2) is 0 Å². The summed E-state index contributed by atoms with van der Waals surface area (Å²) in [7, 11) is 0. The van der Waals surface area contributed by atoms with Gasteiger partial charge in [0.05, 0.1) is 4.92 Å². The minimum Gasteiger partial charge on any atom is -0.298 e. The summed E-state index contributed by atoms with van der Waals surface area (Å²) in [4.78, 5) is 12.2. The Labute approximate surface area is 109 Å². The van der Waals surface area contributed by atoms with Crippen LogP contribution in [-0.2, 0) is 6.54 Å². The summed E-state index contributed by atoms with van der Waals surface area (Å²) in [5.41, 5.74) is -0.0206. The molecule has 0 N–H and O–H groups in total. The first kappa shape index (κ1) is 13.3. The summed E-state index contributed by atoms with van der Waals surface area (Å²) >= 11 is 1.90. The summed E-state index contributed by atoms with van der Waals surface area (Å²) in [6.45, 7) is 2.29. The topological polar surface area (TPSA) is 46.4 Å². The van der Waals surface area contributed by atoms with Crippen molar-refractivity contribution in [1.29, 1.82) is 0 Å². The number of hydrogen-bond acceptors (Lipinski definition) is 4. The maximum Gasteiger partial charge on any atom is 0.305 e. The molecule has 18 heavy (non-hydrogen) atoms. The van der Waals surface area contributed by atoms with Crippen LogP contribution >= 0.6 is 11.8 Å². The first-order chi connectivity index (χ1) is 8.68. The molecule has 1 aliphatic heterocycles. The van der Waals surface area contributed by atoms with E-state index in [1.165, 1.54) is 6.07 Å². The van der Waals surface area contributed by atoms with Crippen LogP contribution in [-0.4, -0.2) is 34.4 Å². The van der Waals surface area contributed by atoms with Crippen molar-refractivity contribution >= 4 is 17.4 Å². The van der Waals surface area contributed by atoms with Crippen molar-refractivity contribution < 1.29 is 9.31 Å². The molecule has 0 atom stereocenters. The molecule has 1 saturated heterocycles. The van der Waals surface area contributed by atoms with Gasteiger partial charge in [-0.25, -0.2) is 0 Å². The molecule has 6 heteroatoms. The number of halogens is 1. The van der Waals surface area contributed by atoms with E-state index in [2.05, 4.69) is 4.90 Å². The lowest BCUT2D eigenvalue weighted by Crippen LogP contribution is -2.26. The average molecular weight is 270 g/mol. The minimum atomic E-state index is -0.695. The third kappa shape index (κ3) is 3.20. The molecule has 2 rings (SSSR count). The number of thioether (sulfide) groups is 1. The van der Waals surface area contributed by atoms with Gasteiger partial charge in [0.1, 0.15) is 0 Å². The molecule has 0 aromatic heterocycles. The molecule has 0 radical (unpaired) electrons. The Morgan fingerprint density at radius 1 is 1.39 bits per heavy atom. The number of nitro groups is 1. The second-order valence-electron chi connectivity index (χ2n) is 4.25. The van der Waals surface area contributed by atoms with Crippen LogP contribution in [0.3, 0.4) is 0 Å². The maximum atomic E-state index is 13.9. The van der Waals surface area contributed by atoms with Gasteiger partial charge in [-0.3, -0.25) is 15.0 Å². The van der Waals surface area contributed by atoms with E-state index in [9.17, 15) is 14.5 Å². The smallest absolute Gasteiger partial charge is 0.298 e. The quantitative estimate of drug-likeness (QED) is 0.626. The Bertz CT molecular complexity index is 434. The molecular formula is C12H15FN2O2S. The molecule has 0 saturated carbocycles. The molecule has 1 aromatic carbocycles. The van der Waals surface area contributed by atoms with E-state index >= 15 is 0 Å². The number of benzene rings is 1. The normalized spacial score (nSPS) is 17.4. The van der Waals surface area contributed by atoms with Gasteiger partial charge < -0.3 is 0 Å². The number of nitrogens with zero attached hydrogens (tertiary/aromatic N) is 2. The summed E-state index contributed by atoms with van der Waals surface area (Å²) in [6, 6.07) is 4.38. The highest BCUT2D eigenvalue weighted by molar-refractivity contribution is 7.99. The van der Waals surface area contributed by atoms with Crippen molar-refractivity contribution in [3.8, 4) is 0 Å². The Hall–Kier alpha value is -1.14.